The highest BCUT2D eigenvalue weighted by atomic mass is 32.2. The summed E-state index contributed by atoms with van der Waals surface area (Å²) in [6.07, 6.45) is 0. The van der Waals surface area contributed by atoms with E-state index >= 15 is 0 Å². The second-order valence-corrected chi connectivity index (χ2v) is 7.97. The Bertz CT molecular complexity index is 1150. The summed E-state index contributed by atoms with van der Waals surface area (Å²) in [4.78, 5) is 14.1. The van der Waals surface area contributed by atoms with E-state index in [1.807, 2.05) is 42.5 Å². The zero-order valence-electron chi connectivity index (χ0n) is 16.7. The summed E-state index contributed by atoms with van der Waals surface area (Å²) in [5.74, 6) is 0.385. The Morgan fingerprint density at radius 2 is 1.70 bits per heavy atom. The molecule has 4 rings (SSSR count). The van der Waals surface area contributed by atoms with Crippen molar-refractivity contribution in [3.05, 3.63) is 95.7 Å². The monoisotopic (exact) mass is 417 g/mol. The molecule has 4 nitrogen and oxygen atoms in total. The molecule has 152 valence electrons. The van der Waals surface area contributed by atoms with Gasteiger partial charge in [0.1, 0.15) is 5.75 Å². The number of hydrogen-bond donors (Lipinski definition) is 1. The molecule has 1 aromatic heterocycles. The minimum absolute atomic E-state index is 0.132. The van der Waals surface area contributed by atoms with Gasteiger partial charge in [-0.2, -0.15) is 0 Å². The Labute approximate surface area is 180 Å². The third-order valence-corrected chi connectivity index (χ3v) is 5.96. The number of ether oxygens (including phenoxy) is 1. The van der Waals surface area contributed by atoms with Crippen LogP contribution in [0.1, 0.15) is 28.5 Å². The number of phenolic OH excluding ortho intramolecular Hbond substituents is 1. The average molecular weight is 418 g/mol. The van der Waals surface area contributed by atoms with Crippen molar-refractivity contribution in [2.75, 3.05) is 6.61 Å². The quantitative estimate of drug-likeness (QED) is 0.302. The molecule has 5 heteroatoms. The average Bonchev–Trinajstić information content (AvgIpc) is 3.06. The topological polar surface area (TPSA) is 51.5 Å². The van der Waals surface area contributed by atoms with Crippen molar-refractivity contribution in [1.29, 1.82) is 0 Å². The molecule has 0 radical (unpaired) electrons. The molecular weight excluding hydrogens is 394 g/mol. The molecule has 4 aromatic rings. The maximum Gasteiger partial charge on any atom is 0.340 e. The second kappa shape index (κ2) is 9.09. The van der Waals surface area contributed by atoms with E-state index in [2.05, 4.69) is 28.8 Å². The molecule has 0 fully saturated rings. The largest absolute Gasteiger partial charge is 0.508 e. The Kier molecular flexibility index (Phi) is 6.10. The fourth-order valence-electron chi connectivity index (χ4n) is 3.59. The van der Waals surface area contributed by atoms with Crippen LogP contribution in [0.15, 0.2) is 83.8 Å². The van der Waals surface area contributed by atoms with E-state index < -0.39 is 0 Å². The lowest BCUT2D eigenvalue weighted by Crippen LogP contribution is -2.10. The Morgan fingerprint density at radius 1 is 1.00 bits per heavy atom. The number of carbonyl (C=O) groups is 1. The highest BCUT2D eigenvalue weighted by Gasteiger charge is 2.24. The smallest absolute Gasteiger partial charge is 0.340 e. The molecule has 0 aliphatic heterocycles. The first-order valence-electron chi connectivity index (χ1n) is 9.90. The summed E-state index contributed by atoms with van der Waals surface area (Å²) in [7, 11) is 0. The fourth-order valence-corrected chi connectivity index (χ4v) is 4.54. The Morgan fingerprint density at radius 3 is 2.40 bits per heavy atom. The number of nitrogens with zero attached hydrogens (tertiary/aromatic N) is 1. The molecule has 0 bridgehead atoms. The minimum atomic E-state index is -0.358. The highest BCUT2D eigenvalue weighted by molar-refractivity contribution is 7.98. The van der Waals surface area contributed by atoms with Crippen LogP contribution in [0.25, 0.3) is 10.9 Å². The second-order valence-electron chi connectivity index (χ2n) is 6.92. The van der Waals surface area contributed by atoms with Crippen molar-refractivity contribution in [1.82, 2.24) is 4.57 Å². The van der Waals surface area contributed by atoms with Gasteiger partial charge in [0, 0.05) is 33.8 Å². The molecule has 0 aliphatic carbocycles. The van der Waals surface area contributed by atoms with Gasteiger partial charge in [-0.3, -0.25) is 0 Å². The van der Waals surface area contributed by atoms with Crippen molar-refractivity contribution in [3.8, 4) is 5.75 Å². The van der Waals surface area contributed by atoms with Gasteiger partial charge in [0.2, 0.25) is 0 Å². The number of hydrogen-bond acceptors (Lipinski definition) is 4. The number of rotatable bonds is 7. The Hall–Kier alpha value is -3.18. The lowest BCUT2D eigenvalue weighted by atomic mass is 10.1. The third kappa shape index (κ3) is 4.21. The molecule has 1 heterocycles. The molecule has 0 spiro atoms. The van der Waals surface area contributed by atoms with Crippen molar-refractivity contribution in [2.24, 2.45) is 0 Å². The van der Waals surface area contributed by atoms with E-state index in [4.69, 9.17) is 4.74 Å². The number of esters is 1. The van der Waals surface area contributed by atoms with E-state index in [9.17, 15) is 9.90 Å². The standard InChI is InChI=1S/C25H23NO3S/c1-2-29-25(28)24-21-15-19(27)13-14-22(21)26(16-18-9-5-3-6-10-18)23(24)17-30-20-11-7-4-8-12-20/h3-15,27H,2,16-17H2,1H3. The number of carbonyl (C=O) groups excluding carboxylic acids is 1. The van der Waals surface area contributed by atoms with E-state index in [0.29, 0.717) is 29.9 Å². The number of fused-ring (bicyclic) bond motifs is 1. The molecule has 0 saturated carbocycles. The first-order valence-corrected chi connectivity index (χ1v) is 10.9. The number of benzene rings is 3. The van der Waals surface area contributed by atoms with Gasteiger partial charge in [-0.15, -0.1) is 11.8 Å². The summed E-state index contributed by atoms with van der Waals surface area (Å²) in [5, 5.41) is 10.8. The van der Waals surface area contributed by atoms with Gasteiger partial charge in [0.25, 0.3) is 0 Å². The van der Waals surface area contributed by atoms with Gasteiger partial charge in [0.15, 0.2) is 0 Å². The highest BCUT2D eigenvalue weighted by Crippen LogP contribution is 2.34. The molecular formula is C25H23NO3S. The summed E-state index contributed by atoms with van der Waals surface area (Å²) in [5.41, 5.74) is 3.47. The fraction of sp³-hybridized carbons (Fsp3) is 0.160. The molecule has 0 unspecified atom stereocenters. The van der Waals surface area contributed by atoms with Crippen LogP contribution in [-0.2, 0) is 17.0 Å². The van der Waals surface area contributed by atoms with Gasteiger partial charge in [-0.25, -0.2) is 4.79 Å². The SMILES string of the molecule is CCOC(=O)c1c(CSc2ccccc2)n(Cc2ccccc2)c2ccc(O)cc12. The number of thioether (sulfide) groups is 1. The van der Waals surface area contributed by atoms with E-state index in [-0.39, 0.29) is 11.7 Å². The lowest BCUT2D eigenvalue weighted by Gasteiger charge is -2.12. The van der Waals surface area contributed by atoms with Crippen molar-refractivity contribution >= 4 is 28.6 Å². The van der Waals surface area contributed by atoms with Gasteiger partial charge in [-0.05, 0) is 42.8 Å². The molecule has 1 N–H and O–H groups in total. The van der Waals surface area contributed by atoms with Crippen LogP contribution < -0.4 is 0 Å². The predicted molar refractivity (Wildman–Crippen MR) is 121 cm³/mol. The van der Waals surface area contributed by atoms with Crippen LogP contribution in [-0.4, -0.2) is 22.2 Å². The van der Waals surface area contributed by atoms with Gasteiger partial charge < -0.3 is 14.4 Å². The van der Waals surface area contributed by atoms with Crippen molar-refractivity contribution < 1.29 is 14.6 Å². The van der Waals surface area contributed by atoms with E-state index in [1.165, 1.54) is 0 Å². The summed E-state index contributed by atoms with van der Waals surface area (Å²) in [6.45, 7) is 2.73. The number of aromatic nitrogens is 1. The molecule has 0 saturated heterocycles. The number of aromatic hydroxyl groups is 1. The normalized spacial score (nSPS) is 11.0. The van der Waals surface area contributed by atoms with Crippen LogP contribution in [0.4, 0.5) is 0 Å². The van der Waals surface area contributed by atoms with Crippen LogP contribution in [0.2, 0.25) is 0 Å². The maximum absolute atomic E-state index is 12.9. The first-order chi connectivity index (χ1) is 14.7. The summed E-state index contributed by atoms with van der Waals surface area (Å²) in [6, 6.07) is 25.5. The van der Waals surface area contributed by atoms with Crippen LogP contribution in [0.5, 0.6) is 5.75 Å². The van der Waals surface area contributed by atoms with Gasteiger partial charge in [0.05, 0.1) is 12.2 Å². The van der Waals surface area contributed by atoms with Gasteiger partial charge in [-0.1, -0.05) is 48.5 Å². The Balaban J connectivity index is 1.86. The minimum Gasteiger partial charge on any atom is -0.508 e. The molecule has 3 aromatic carbocycles. The van der Waals surface area contributed by atoms with Crippen molar-refractivity contribution in [3.63, 3.8) is 0 Å². The number of phenols is 1. The molecule has 0 amide bonds. The van der Waals surface area contributed by atoms with Crippen molar-refractivity contribution in [2.45, 2.75) is 24.1 Å². The molecule has 0 atom stereocenters. The van der Waals surface area contributed by atoms with Crippen LogP contribution in [0.3, 0.4) is 0 Å². The van der Waals surface area contributed by atoms with E-state index in [0.717, 1.165) is 21.7 Å². The lowest BCUT2D eigenvalue weighted by molar-refractivity contribution is 0.0527. The summed E-state index contributed by atoms with van der Waals surface area (Å²) < 4.78 is 7.55. The zero-order chi connectivity index (χ0) is 20.9. The first kappa shape index (κ1) is 20.1. The predicted octanol–water partition coefficient (Wildman–Crippen LogP) is 5.86. The van der Waals surface area contributed by atoms with Crippen LogP contribution in [0, 0.1) is 0 Å². The molecule has 0 aliphatic rings. The maximum atomic E-state index is 12.9. The third-order valence-electron chi connectivity index (χ3n) is 4.94. The zero-order valence-corrected chi connectivity index (χ0v) is 17.6. The van der Waals surface area contributed by atoms with Gasteiger partial charge >= 0.3 is 5.97 Å². The summed E-state index contributed by atoms with van der Waals surface area (Å²) >= 11 is 1.68. The van der Waals surface area contributed by atoms with Crippen LogP contribution >= 0.6 is 11.8 Å². The molecule has 30 heavy (non-hydrogen) atoms. The van der Waals surface area contributed by atoms with E-state index in [1.54, 1.807) is 30.8 Å².